The van der Waals surface area contributed by atoms with Crippen LogP contribution >= 0.6 is 0 Å². The summed E-state index contributed by atoms with van der Waals surface area (Å²) in [4.78, 5) is 12.6. The largest absolute Gasteiger partial charge is 0.394 e. The van der Waals surface area contributed by atoms with Crippen LogP contribution in [-0.2, 0) is 19.9 Å². The first-order valence-corrected chi connectivity index (χ1v) is 9.38. The Hall–Kier alpha value is -1.91. The predicted octanol–water partition coefficient (Wildman–Crippen LogP) is 3.49. The van der Waals surface area contributed by atoms with Crippen LogP contribution in [0.1, 0.15) is 59.1 Å². The number of Topliss-reactive ketones (excluding diaryl/α,β-unsaturated/α-hetero) is 1. The maximum absolute atomic E-state index is 12.6. The highest BCUT2D eigenvalue weighted by Gasteiger charge is 2.19. The number of carbonyl (C=O) groups is 1. The molecule has 1 aromatic heterocycles. The van der Waals surface area contributed by atoms with Crippen LogP contribution in [0.25, 0.3) is 0 Å². The summed E-state index contributed by atoms with van der Waals surface area (Å²) in [6.45, 7) is 6.07. The molecule has 0 fully saturated rings. The summed E-state index contributed by atoms with van der Waals surface area (Å²) in [5.74, 6) is 0.182. The number of carbonyl (C=O) groups excluding carboxylic acids is 1. The van der Waals surface area contributed by atoms with Gasteiger partial charge in [0.2, 0.25) is 0 Å². The Morgan fingerprint density at radius 3 is 2.62 bits per heavy atom. The molecule has 0 aliphatic rings. The van der Waals surface area contributed by atoms with Gasteiger partial charge in [-0.05, 0) is 75.3 Å². The van der Waals surface area contributed by atoms with Gasteiger partial charge >= 0.3 is 0 Å². The monoisotopic (exact) mass is 356 g/mol. The molecule has 1 atom stereocenters. The molecule has 26 heavy (non-hydrogen) atoms. The Bertz CT molecular complexity index is 759. The number of aromatic nitrogens is 1. The van der Waals surface area contributed by atoms with E-state index >= 15 is 0 Å². The van der Waals surface area contributed by atoms with Gasteiger partial charge < -0.3 is 15.4 Å². The molecule has 0 radical (unpaired) electrons. The summed E-state index contributed by atoms with van der Waals surface area (Å²) < 4.78 is 1.97. The standard InChI is InChI=1S/C22H32N2O2/c1-16-7-5-8-18(17(16)2)9-6-10-21(26)20-12-11-19(24(20)4)13-14-22(3,23)15-25/h5,7-8,11-12,25H,6,9-10,13-15,23H2,1-4H3/t22-/m1/s1. The van der Waals surface area contributed by atoms with Crippen molar-refractivity contribution < 1.29 is 9.90 Å². The van der Waals surface area contributed by atoms with Crippen LogP contribution in [0.4, 0.5) is 0 Å². The smallest absolute Gasteiger partial charge is 0.179 e. The van der Waals surface area contributed by atoms with Crippen LogP contribution in [0.2, 0.25) is 0 Å². The fraction of sp³-hybridized carbons (Fsp3) is 0.500. The topological polar surface area (TPSA) is 68.2 Å². The molecule has 0 unspecified atom stereocenters. The van der Waals surface area contributed by atoms with Crippen LogP contribution in [0.3, 0.4) is 0 Å². The molecule has 0 saturated carbocycles. The summed E-state index contributed by atoms with van der Waals surface area (Å²) in [6.07, 6.45) is 3.77. The van der Waals surface area contributed by atoms with Gasteiger partial charge in [-0.15, -0.1) is 0 Å². The molecule has 0 saturated heterocycles. The molecule has 3 N–H and O–H groups in total. The first kappa shape index (κ1) is 20.4. The first-order chi connectivity index (χ1) is 12.2. The van der Waals surface area contributed by atoms with Gasteiger partial charge in [0, 0.05) is 24.7 Å². The minimum Gasteiger partial charge on any atom is -0.394 e. The summed E-state index contributed by atoms with van der Waals surface area (Å²) in [7, 11) is 1.93. The lowest BCUT2D eigenvalue weighted by Crippen LogP contribution is -2.40. The van der Waals surface area contributed by atoms with Crippen molar-refractivity contribution in [3.05, 3.63) is 58.4 Å². The van der Waals surface area contributed by atoms with E-state index in [9.17, 15) is 9.90 Å². The average molecular weight is 357 g/mol. The predicted molar refractivity (Wildman–Crippen MR) is 107 cm³/mol. The highest BCUT2D eigenvalue weighted by Crippen LogP contribution is 2.18. The Labute approximate surface area is 157 Å². The van der Waals surface area contributed by atoms with Crippen molar-refractivity contribution in [1.82, 2.24) is 4.57 Å². The third-order valence-corrected chi connectivity index (χ3v) is 5.39. The van der Waals surface area contributed by atoms with Crippen molar-refractivity contribution in [3.63, 3.8) is 0 Å². The van der Waals surface area contributed by atoms with Crippen molar-refractivity contribution in [2.24, 2.45) is 12.8 Å². The molecule has 0 bridgehead atoms. The van der Waals surface area contributed by atoms with Crippen LogP contribution in [0, 0.1) is 13.8 Å². The molecule has 1 heterocycles. The molecule has 0 aliphatic heterocycles. The Morgan fingerprint density at radius 2 is 1.92 bits per heavy atom. The fourth-order valence-electron chi connectivity index (χ4n) is 3.23. The molecule has 2 aromatic rings. The molecular weight excluding hydrogens is 324 g/mol. The van der Waals surface area contributed by atoms with E-state index in [4.69, 9.17) is 5.73 Å². The van der Waals surface area contributed by atoms with Crippen LogP contribution in [-0.4, -0.2) is 27.6 Å². The molecular formula is C22H32N2O2. The van der Waals surface area contributed by atoms with E-state index in [2.05, 4.69) is 32.0 Å². The molecule has 4 heteroatoms. The third kappa shape index (κ3) is 5.05. The lowest BCUT2D eigenvalue weighted by molar-refractivity contribution is 0.0972. The Morgan fingerprint density at radius 1 is 1.19 bits per heavy atom. The number of benzene rings is 1. The van der Waals surface area contributed by atoms with Gasteiger partial charge in [0.25, 0.3) is 0 Å². The zero-order chi connectivity index (χ0) is 19.3. The number of rotatable bonds is 9. The van der Waals surface area contributed by atoms with E-state index in [1.807, 2.05) is 30.7 Å². The van der Waals surface area contributed by atoms with Gasteiger partial charge in [-0.25, -0.2) is 0 Å². The number of aryl methyl sites for hydroxylation is 3. The van der Waals surface area contributed by atoms with E-state index in [0.29, 0.717) is 12.8 Å². The number of hydrogen-bond donors (Lipinski definition) is 2. The van der Waals surface area contributed by atoms with Crippen molar-refractivity contribution in [2.45, 2.75) is 58.4 Å². The second-order valence-corrected chi connectivity index (χ2v) is 7.72. The quantitative estimate of drug-likeness (QED) is 0.676. The Kier molecular flexibility index (Phi) is 6.79. The molecule has 142 valence electrons. The van der Waals surface area contributed by atoms with Crippen LogP contribution < -0.4 is 5.73 Å². The molecule has 2 rings (SSSR count). The van der Waals surface area contributed by atoms with Crippen molar-refractivity contribution >= 4 is 5.78 Å². The highest BCUT2D eigenvalue weighted by molar-refractivity contribution is 5.94. The minimum absolute atomic E-state index is 0.0401. The second kappa shape index (κ2) is 8.65. The average Bonchev–Trinajstić information content (AvgIpc) is 2.97. The maximum Gasteiger partial charge on any atom is 0.179 e. The zero-order valence-electron chi connectivity index (χ0n) is 16.5. The van der Waals surface area contributed by atoms with E-state index in [1.54, 1.807) is 0 Å². The molecule has 0 amide bonds. The van der Waals surface area contributed by atoms with Crippen LogP contribution in [0.15, 0.2) is 30.3 Å². The van der Waals surface area contributed by atoms with Gasteiger partial charge in [-0.2, -0.15) is 0 Å². The number of nitrogens with zero attached hydrogens (tertiary/aromatic N) is 1. The highest BCUT2D eigenvalue weighted by atomic mass is 16.3. The van der Waals surface area contributed by atoms with Gasteiger partial charge in [0.05, 0.1) is 12.3 Å². The van der Waals surface area contributed by atoms with E-state index in [1.165, 1.54) is 16.7 Å². The van der Waals surface area contributed by atoms with E-state index in [0.717, 1.165) is 30.7 Å². The van der Waals surface area contributed by atoms with Crippen molar-refractivity contribution in [1.29, 1.82) is 0 Å². The third-order valence-electron chi connectivity index (χ3n) is 5.39. The van der Waals surface area contributed by atoms with Gasteiger partial charge in [-0.3, -0.25) is 4.79 Å². The van der Waals surface area contributed by atoms with Crippen LogP contribution in [0.5, 0.6) is 0 Å². The van der Waals surface area contributed by atoms with E-state index in [-0.39, 0.29) is 12.4 Å². The minimum atomic E-state index is -0.583. The summed E-state index contributed by atoms with van der Waals surface area (Å²) in [5, 5.41) is 9.28. The SMILES string of the molecule is Cc1cccc(CCCC(=O)c2ccc(CC[C@@](C)(N)CO)n2C)c1C. The van der Waals surface area contributed by atoms with Crippen molar-refractivity contribution in [3.8, 4) is 0 Å². The lowest BCUT2D eigenvalue weighted by atomic mass is 9.97. The molecule has 1 aromatic carbocycles. The second-order valence-electron chi connectivity index (χ2n) is 7.72. The number of nitrogens with two attached hydrogens (primary N) is 1. The molecule has 4 nitrogen and oxygen atoms in total. The van der Waals surface area contributed by atoms with Gasteiger partial charge in [0.1, 0.15) is 0 Å². The fourth-order valence-corrected chi connectivity index (χ4v) is 3.23. The van der Waals surface area contributed by atoms with E-state index < -0.39 is 5.54 Å². The summed E-state index contributed by atoms with van der Waals surface area (Å²) >= 11 is 0. The normalized spacial score (nSPS) is 13.6. The lowest BCUT2D eigenvalue weighted by Gasteiger charge is -2.21. The first-order valence-electron chi connectivity index (χ1n) is 9.38. The number of aliphatic hydroxyl groups is 1. The molecule has 0 aliphatic carbocycles. The summed E-state index contributed by atoms with van der Waals surface area (Å²) in [5.41, 5.74) is 11.2. The number of aliphatic hydroxyl groups excluding tert-OH is 1. The zero-order valence-corrected chi connectivity index (χ0v) is 16.5. The Balaban J connectivity index is 1.93. The molecule has 0 spiro atoms. The maximum atomic E-state index is 12.6. The van der Waals surface area contributed by atoms with Gasteiger partial charge in [0.15, 0.2) is 5.78 Å². The van der Waals surface area contributed by atoms with Crippen molar-refractivity contribution in [2.75, 3.05) is 6.61 Å². The summed E-state index contributed by atoms with van der Waals surface area (Å²) in [6, 6.07) is 10.3. The number of hydrogen-bond acceptors (Lipinski definition) is 3. The number of ketones is 1. The van der Waals surface area contributed by atoms with Gasteiger partial charge in [-0.1, -0.05) is 18.2 Å².